The Morgan fingerprint density at radius 3 is 2.62 bits per heavy atom. The fourth-order valence-electron chi connectivity index (χ4n) is 3.85. The van der Waals surface area contributed by atoms with Crippen LogP contribution in [0.4, 0.5) is 0 Å². The molecule has 0 atom stereocenters. The third-order valence-corrected chi connectivity index (χ3v) is 6.73. The van der Waals surface area contributed by atoms with Crippen LogP contribution in [0.3, 0.4) is 0 Å². The Hall–Kier alpha value is -2.76. The van der Waals surface area contributed by atoms with Crippen LogP contribution in [0.5, 0.6) is 0 Å². The molecule has 4 nitrogen and oxygen atoms in total. The van der Waals surface area contributed by atoms with Gasteiger partial charge in [-0.2, -0.15) is 0 Å². The molecular weight excluding hydrogens is 444 g/mol. The molecule has 0 aliphatic carbocycles. The van der Waals surface area contributed by atoms with Crippen molar-refractivity contribution >= 4 is 51.1 Å². The summed E-state index contributed by atoms with van der Waals surface area (Å²) in [6, 6.07) is 16.9. The van der Waals surface area contributed by atoms with E-state index in [-0.39, 0.29) is 18.3 Å². The number of hydrogen-bond donors (Lipinski definition) is 0. The van der Waals surface area contributed by atoms with Crippen LogP contribution in [0, 0.1) is 6.92 Å². The smallest absolute Gasteiger partial charge is 0.336 e. The first-order valence-electron chi connectivity index (χ1n) is 10.4. The summed E-state index contributed by atoms with van der Waals surface area (Å²) >= 11 is 7.75. The molecule has 6 heteroatoms. The maximum Gasteiger partial charge on any atom is 0.336 e. The molecule has 3 aromatic carbocycles. The van der Waals surface area contributed by atoms with E-state index in [9.17, 15) is 9.59 Å². The van der Waals surface area contributed by atoms with E-state index in [1.54, 1.807) is 0 Å². The summed E-state index contributed by atoms with van der Waals surface area (Å²) < 4.78 is 10.9. The van der Waals surface area contributed by atoms with Gasteiger partial charge in [-0.3, -0.25) is 4.79 Å². The average Bonchev–Trinajstić information content (AvgIpc) is 2.75. The predicted molar refractivity (Wildman–Crippen MR) is 131 cm³/mol. The van der Waals surface area contributed by atoms with Crippen molar-refractivity contribution in [1.82, 2.24) is 0 Å². The van der Waals surface area contributed by atoms with E-state index < -0.39 is 5.63 Å². The van der Waals surface area contributed by atoms with Crippen molar-refractivity contribution in [1.29, 1.82) is 0 Å². The van der Waals surface area contributed by atoms with Crippen LogP contribution in [-0.2, 0) is 16.1 Å². The normalized spacial score (nSPS) is 11.4. The molecule has 164 valence electrons. The average molecular weight is 467 g/mol. The van der Waals surface area contributed by atoms with Crippen LogP contribution >= 0.6 is 23.4 Å². The molecule has 0 radical (unpaired) electrons. The van der Waals surface area contributed by atoms with Gasteiger partial charge in [0.15, 0.2) is 0 Å². The minimum Gasteiger partial charge on any atom is -0.460 e. The topological polar surface area (TPSA) is 56.5 Å². The number of ether oxygens (including phenoxy) is 1. The first-order chi connectivity index (χ1) is 15.3. The van der Waals surface area contributed by atoms with Gasteiger partial charge in [0.1, 0.15) is 12.2 Å². The van der Waals surface area contributed by atoms with Gasteiger partial charge in [0.2, 0.25) is 0 Å². The number of fused-ring (bicyclic) bond motifs is 2. The second-order valence-corrected chi connectivity index (χ2v) is 9.42. The van der Waals surface area contributed by atoms with Crippen LogP contribution in [0.15, 0.2) is 68.7 Å². The van der Waals surface area contributed by atoms with Crippen molar-refractivity contribution in [3.05, 3.63) is 86.7 Å². The van der Waals surface area contributed by atoms with Gasteiger partial charge in [-0.05, 0) is 53.6 Å². The summed E-state index contributed by atoms with van der Waals surface area (Å²) in [7, 11) is 0. The highest BCUT2D eigenvalue weighted by Crippen LogP contribution is 2.33. The van der Waals surface area contributed by atoms with Crippen LogP contribution in [-0.4, -0.2) is 11.7 Å². The van der Waals surface area contributed by atoms with Gasteiger partial charge in [0, 0.05) is 32.3 Å². The van der Waals surface area contributed by atoms with Crippen LogP contribution < -0.4 is 5.63 Å². The number of aryl methyl sites for hydroxylation is 1. The van der Waals surface area contributed by atoms with Crippen LogP contribution in [0.25, 0.3) is 21.7 Å². The summed E-state index contributed by atoms with van der Waals surface area (Å²) in [5, 5.41) is 3.39. The molecule has 0 spiro atoms. The van der Waals surface area contributed by atoms with Crippen molar-refractivity contribution in [2.24, 2.45) is 0 Å². The number of rotatable bonds is 6. The van der Waals surface area contributed by atoms with Crippen LogP contribution in [0.1, 0.15) is 36.5 Å². The molecule has 0 unspecified atom stereocenters. The monoisotopic (exact) mass is 466 g/mol. The minimum absolute atomic E-state index is 0.0123. The standard InChI is InChI=1S/C26H23ClO4S/c1-15(2)19-12-20-18(11-24(28)31-22(20)10-16(19)3)13-30-25(29)14-32-23-9-5-7-17-6-4-8-21(27)26(17)23/h4-12,15H,13-14H2,1-3H3. The lowest BCUT2D eigenvalue weighted by Gasteiger charge is -2.13. The summed E-state index contributed by atoms with van der Waals surface area (Å²) in [5.41, 5.74) is 2.92. The SMILES string of the molecule is Cc1cc2oc(=O)cc(COC(=O)CSc3cccc4cccc(Cl)c34)c2cc1C(C)C. The Labute approximate surface area is 195 Å². The van der Waals surface area contributed by atoms with Crippen molar-refractivity contribution in [2.45, 2.75) is 38.2 Å². The predicted octanol–water partition coefficient (Wildman–Crippen LogP) is 6.87. The Balaban J connectivity index is 1.51. The molecule has 0 saturated carbocycles. The molecule has 32 heavy (non-hydrogen) atoms. The first kappa shape index (κ1) is 22.4. The van der Waals surface area contributed by atoms with Gasteiger partial charge in [-0.15, -0.1) is 11.8 Å². The summed E-state index contributed by atoms with van der Waals surface area (Å²) in [6.45, 7) is 6.24. The zero-order valence-electron chi connectivity index (χ0n) is 18.1. The van der Waals surface area contributed by atoms with Crippen molar-refractivity contribution in [3.8, 4) is 0 Å². The van der Waals surface area contributed by atoms with Crippen molar-refractivity contribution in [2.75, 3.05) is 5.75 Å². The van der Waals surface area contributed by atoms with E-state index >= 15 is 0 Å². The zero-order valence-corrected chi connectivity index (χ0v) is 19.7. The molecule has 1 aromatic heterocycles. The fourth-order valence-corrected chi connectivity index (χ4v) is 5.10. The van der Waals surface area contributed by atoms with Gasteiger partial charge in [0.25, 0.3) is 0 Å². The molecule has 4 rings (SSSR count). The van der Waals surface area contributed by atoms with Crippen molar-refractivity contribution in [3.63, 3.8) is 0 Å². The highest BCUT2D eigenvalue weighted by atomic mass is 35.5. The zero-order chi connectivity index (χ0) is 22.8. The van der Waals surface area contributed by atoms with E-state index in [1.807, 2.05) is 55.5 Å². The van der Waals surface area contributed by atoms with Gasteiger partial charge in [-0.1, -0.05) is 49.7 Å². The summed E-state index contributed by atoms with van der Waals surface area (Å²) in [4.78, 5) is 25.4. The number of hydrogen-bond acceptors (Lipinski definition) is 5. The van der Waals surface area contributed by atoms with Crippen LogP contribution in [0.2, 0.25) is 5.02 Å². The molecule has 0 saturated heterocycles. The molecule has 4 aromatic rings. The van der Waals surface area contributed by atoms with Gasteiger partial charge >= 0.3 is 11.6 Å². The van der Waals surface area contributed by atoms with E-state index in [0.29, 0.717) is 22.1 Å². The maximum atomic E-state index is 12.5. The highest BCUT2D eigenvalue weighted by Gasteiger charge is 2.14. The molecule has 1 heterocycles. The maximum absolute atomic E-state index is 12.5. The van der Waals surface area contributed by atoms with Gasteiger partial charge in [0.05, 0.1) is 5.75 Å². The number of esters is 1. The Morgan fingerprint density at radius 2 is 1.88 bits per heavy atom. The molecule has 0 N–H and O–H groups in total. The summed E-state index contributed by atoms with van der Waals surface area (Å²) in [5.74, 6) is 0.0994. The lowest BCUT2D eigenvalue weighted by molar-refractivity contribution is -0.141. The van der Waals surface area contributed by atoms with E-state index in [0.717, 1.165) is 26.6 Å². The van der Waals surface area contributed by atoms with E-state index in [2.05, 4.69) is 13.8 Å². The minimum atomic E-state index is -0.458. The number of carbonyl (C=O) groups excluding carboxylic acids is 1. The number of thioether (sulfide) groups is 1. The van der Waals surface area contributed by atoms with Gasteiger partial charge in [-0.25, -0.2) is 4.79 Å². The highest BCUT2D eigenvalue weighted by molar-refractivity contribution is 8.00. The Kier molecular flexibility index (Phi) is 6.58. The number of carbonyl (C=O) groups is 1. The second-order valence-electron chi connectivity index (χ2n) is 7.99. The molecule has 0 aliphatic heterocycles. The van der Waals surface area contributed by atoms with E-state index in [4.69, 9.17) is 20.8 Å². The number of halogens is 1. The lowest BCUT2D eigenvalue weighted by Crippen LogP contribution is -2.10. The number of benzene rings is 3. The first-order valence-corrected chi connectivity index (χ1v) is 11.7. The largest absolute Gasteiger partial charge is 0.460 e. The fraction of sp³-hybridized carbons (Fsp3) is 0.231. The third kappa shape index (κ3) is 4.69. The summed E-state index contributed by atoms with van der Waals surface area (Å²) in [6.07, 6.45) is 0. The molecule has 0 bridgehead atoms. The Bertz CT molecular complexity index is 1370. The molecular formula is C26H23ClO4S. The lowest BCUT2D eigenvalue weighted by atomic mass is 9.95. The molecule has 0 fully saturated rings. The second kappa shape index (κ2) is 9.39. The van der Waals surface area contributed by atoms with Gasteiger partial charge < -0.3 is 9.15 Å². The quantitative estimate of drug-likeness (QED) is 0.176. The third-order valence-electron chi connectivity index (χ3n) is 5.39. The van der Waals surface area contributed by atoms with E-state index in [1.165, 1.54) is 23.4 Å². The molecule has 0 amide bonds. The van der Waals surface area contributed by atoms with Crippen molar-refractivity contribution < 1.29 is 13.9 Å². The Morgan fingerprint density at radius 1 is 1.12 bits per heavy atom. The molecule has 0 aliphatic rings.